The molecule has 0 amide bonds. The van der Waals surface area contributed by atoms with Crippen LogP contribution in [0.2, 0.25) is 0 Å². The summed E-state index contributed by atoms with van der Waals surface area (Å²) in [5, 5.41) is 8.90. The maximum absolute atomic E-state index is 13.2. The normalized spacial score (nSPS) is 16.2. The molecule has 1 saturated heterocycles. The molecule has 0 bridgehead atoms. The molecule has 1 N–H and O–H groups in total. The number of ketones is 1. The Bertz CT molecular complexity index is 901. The van der Waals surface area contributed by atoms with Crippen molar-refractivity contribution in [2.75, 3.05) is 19.6 Å². The quantitative estimate of drug-likeness (QED) is 0.766. The predicted octanol–water partition coefficient (Wildman–Crippen LogP) is 3.17. The zero-order valence-electron chi connectivity index (χ0n) is 14.5. The number of pyridine rings is 1. The first kappa shape index (κ1) is 16.8. The van der Waals surface area contributed by atoms with Gasteiger partial charge in [0, 0.05) is 42.1 Å². The number of fused-ring (bicyclic) bond motifs is 1. The van der Waals surface area contributed by atoms with Gasteiger partial charge in [-0.05, 0) is 35.9 Å². The van der Waals surface area contributed by atoms with Crippen molar-refractivity contribution in [1.29, 1.82) is 0 Å². The van der Waals surface area contributed by atoms with Crippen LogP contribution in [0.25, 0.3) is 21.9 Å². The van der Waals surface area contributed by atoms with Gasteiger partial charge in [0.1, 0.15) is 6.17 Å². The Morgan fingerprint density at radius 3 is 2.77 bits per heavy atom. The van der Waals surface area contributed by atoms with E-state index in [4.69, 9.17) is 0 Å². The SMILES string of the molecule is O=C(Cc1cc2cc(-c3cn[nH]c3)ccc2cn1)CN1CCC(F)CC1. The summed E-state index contributed by atoms with van der Waals surface area (Å²) in [6.07, 6.45) is 6.10. The molecule has 5 nitrogen and oxygen atoms in total. The summed E-state index contributed by atoms with van der Waals surface area (Å²) in [6, 6.07) is 8.12. The summed E-state index contributed by atoms with van der Waals surface area (Å²) in [6.45, 7) is 1.69. The second kappa shape index (κ2) is 7.33. The number of carbonyl (C=O) groups excluding carboxylic acids is 1. The van der Waals surface area contributed by atoms with Crippen molar-refractivity contribution in [2.24, 2.45) is 0 Å². The second-order valence-electron chi connectivity index (χ2n) is 6.89. The summed E-state index contributed by atoms with van der Waals surface area (Å²) >= 11 is 0. The van der Waals surface area contributed by atoms with Gasteiger partial charge in [-0.2, -0.15) is 5.10 Å². The van der Waals surface area contributed by atoms with Crippen molar-refractivity contribution < 1.29 is 9.18 Å². The molecule has 26 heavy (non-hydrogen) atoms. The number of Topliss-reactive ketones (excluding diaryl/α,β-unsaturated/α-hetero) is 1. The maximum Gasteiger partial charge on any atom is 0.152 e. The van der Waals surface area contributed by atoms with Crippen LogP contribution >= 0.6 is 0 Å². The molecule has 134 valence electrons. The van der Waals surface area contributed by atoms with Crippen LogP contribution in [0.1, 0.15) is 18.5 Å². The lowest BCUT2D eigenvalue weighted by atomic mass is 10.0. The molecule has 0 aliphatic carbocycles. The molecular formula is C20H21FN4O. The fourth-order valence-corrected chi connectivity index (χ4v) is 3.44. The highest BCUT2D eigenvalue weighted by Crippen LogP contribution is 2.24. The van der Waals surface area contributed by atoms with Gasteiger partial charge in [-0.1, -0.05) is 12.1 Å². The van der Waals surface area contributed by atoms with E-state index < -0.39 is 6.17 Å². The van der Waals surface area contributed by atoms with Crippen LogP contribution in [0, 0.1) is 0 Å². The number of carbonyl (C=O) groups is 1. The largest absolute Gasteiger partial charge is 0.298 e. The number of hydrogen-bond acceptors (Lipinski definition) is 4. The van der Waals surface area contributed by atoms with Crippen LogP contribution < -0.4 is 0 Å². The Morgan fingerprint density at radius 1 is 1.15 bits per heavy atom. The number of nitrogens with zero attached hydrogens (tertiary/aromatic N) is 3. The monoisotopic (exact) mass is 352 g/mol. The van der Waals surface area contributed by atoms with Crippen molar-refractivity contribution in [1.82, 2.24) is 20.1 Å². The van der Waals surface area contributed by atoms with Crippen LogP contribution in [0.4, 0.5) is 4.39 Å². The Labute approximate surface area is 151 Å². The molecule has 0 atom stereocenters. The smallest absolute Gasteiger partial charge is 0.152 e. The molecule has 1 aromatic carbocycles. The fraction of sp³-hybridized carbons (Fsp3) is 0.350. The molecule has 3 aromatic rings. The molecule has 1 fully saturated rings. The van der Waals surface area contributed by atoms with Crippen LogP contribution in [0.3, 0.4) is 0 Å². The molecule has 2 aromatic heterocycles. The molecule has 1 aliphatic rings. The van der Waals surface area contributed by atoms with Gasteiger partial charge in [0.25, 0.3) is 0 Å². The minimum absolute atomic E-state index is 0.125. The number of halogens is 1. The van der Waals surface area contributed by atoms with E-state index in [0.717, 1.165) is 27.6 Å². The van der Waals surface area contributed by atoms with Crippen molar-refractivity contribution in [3.8, 4) is 11.1 Å². The van der Waals surface area contributed by atoms with Gasteiger partial charge in [0.2, 0.25) is 0 Å². The first-order valence-electron chi connectivity index (χ1n) is 8.93. The Morgan fingerprint density at radius 2 is 2.00 bits per heavy atom. The van der Waals surface area contributed by atoms with Gasteiger partial charge in [0.05, 0.1) is 19.2 Å². The molecule has 0 spiro atoms. The minimum atomic E-state index is -0.715. The van der Waals surface area contributed by atoms with E-state index in [1.165, 1.54) is 0 Å². The highest BCUT2D eigenvalue weighted by Gasteiger charge is 2.20. The highest BCUT2D eigenvalue weighted by molar-refractivity contribution is 5.88. The number of alkyl halides is 1. The topological polar surface area (TPSA) is 61.9 Å². The van der Waals surface area contributed by atoms with Gasteiger partial charge >= 0.3 is 0 Å². The Kier molecular flexibility index (Phi) is 4.75. The first-order valence-corrected chi connectivity index (χ1v) is 8.93. The lowest BCUT2D eigenvalue weighted by molar-refractivity contribution is -0.120. The van der Waals surface area contributed by atoms with Crippen molar-refractivity contribution in [2.45, 2.75) is 25.4 Å². The summed E-state index contributed by atoms with van der Waals surface area (Å²) in [5.41, 5.74) is 2.87. The fourth-order valence-electron chi connectivity index (χ4n) is 3.44. The molecule has 1 aliphatic heterocycles. The van der Waals surface area contributed by atoms with Crippen molar-refractivity contribution in [3.63, 3.8) is 0 Å². The van der Waals surface area contributed by atoms with E-state index in [-0.39, 0.29) is 5.78 Å². The van der Waals surface area contributed by atoms with Crippen LogP contribution in [0.15, 0.2) is 42.9 Å². The number of likely N-dealkylation sites (tertiary alicyclic amines) is 1. The van der Waals surface area contributed by atoms with Crippen LogP contribution in [-0.4, -0.2) is 51.7 Å². The van der Waals surface area contributed by atoms with Gasteiger partial charge in [0.15, 0.2) is 5.78 Å². The minimum Gasteiger partial charge on any atom is -0.298 e. The molecular weight excluding hydrogens is 331 g/mol. The third kappa shape index (κ3) is 3.80. The molecule has 6 heteroatoms. The zero-order chi connectivity index (χ0) is 17.9. The lowest BCUT2D eigenvalue weighted by Gasteiger charge is -2.27. The Hall–Kier alpha value is -2.60. The number of H-pyrrole nitrogens is 1. The number of aromatic amines is 1. The number of hydrogen-bond donors (Lipinski definition) is 1. The average molecular weight is 352 g/mol. The summed E-state index contributed by atoms with van der Waals surface area (Å²) in [4.78, 5) is 18.8. The first-order chi connectivity index (χ1) is 12.7. The Balaban J connectivity index is 1.47. The molecule has 0 radical (unpaired) electrons. The van der Waals surface area contributed by atoms with Gasteiger partial charge in [-0.3, -0.25) is 19.8 Å². The number of benzene rings is 1. The average Bonchev–Trinajstić information content (AvgIpc) is 3.18. The molecule has 0 unspecified atom stereocenters. The zero-order valence-corrected chi connectivity index (χ0v) is 14.5. The van der Waals surface area contributed by atoms with Gasteiger partial charge in [-0.25, -0.2) is 4.39 Å². The van der Waals surface area contributed by atoms with E-state index >= 15 is 0 Å². The van der Waals surface area contributed by atoms with E-state index in [9.17, 15) is 9.18 Å². The molecule has 4 rings (SSSR count). The summed E-state index contributed by atoms with van der Waals surface area (Å²) in [7, 11) is 0. The predicted molar refractivity (Wildman–Crippen MR) is 98.6 cm³/mol. The third-order valence-electron chi connectivity index (χ3n) is 4.91. The maximum atomic E-state index is 13.2. The van der Waals surface area contributed by atoms with Crippen LogP contribution in [-0.2, 0) is 11.2 Å². The van der Waals surface area contributed by atoms with Gasteiger partial charge in [-0.15, -0.1) is 0 Å². The van der Waals surface area contributed by atoms with E-state index in [1.807, 2.05) is 35.5 Å². The summed E-state index contributed by atoms with van der Waals surface area (Å²) in [5.74, 6) is 0.125. The number of aromatic nitrogens is 3. The van der Waals surface area contributed by atoms with Crippen molar-refractivity contribution >= 4 is 16.6 Å². The van der Waals surface area contributed by atoms with Crippen LogP contribution in [0.5, 0.6) is 0 Å². The number of nitrogens with one attached hydrogen (secondary N) is 1. The van der Waals surface area contributed by atoms with Crippen molar-refractivity contribution in [3.05, 3.63) is 48.5 Å². The van der Waals surface area contributed by atoms with Gasteiger partial charge < -0.3 is 0 Å². The lowest BCUT2D eigenvalue weighted by Crippen LogP contribution is -2.38. The second-order valence-corrected chi connectivity index (χ2v) is 6.89. The molecule has 0 saturated carbocycles. The molecule has 3 heterocycles. The standard InChI is InChI=1S/C20H21FN4O/c21-18-3-5-25(6-4-18)13-20(26)9-19-8-16-7-14(17-11-23-24-12-17)1-2-15(16)10-22-19/h1-2,7-8,10-12,18H,3-6,9,13H2,(H,23,24). The number of piperidine rings is 1. The van der Waals surface area contributed by atoms with E-state index in [1.54, 1.807) is 6.20 Å². The van der Waals surface area contributed by atoms with E-state index in [2.05, 4.69) is 21.2 Å². The third-order valence-corrected chi connectivity index (χ3v) is 4.91. The highest BCUT2D eigenvalue weighted by atomic mass is 19.1. The van der Waals surface area contributed by atoms with E-state index in [0.29, 0.717) is 38.9 Å². The number of rotatable bonds is 5. The summed E-state index contributed by atoms with van der Waals surface area (Å²) < 4.78 is 13.2.